The van der Waals surface area contributed by atoms with E-state index in [0.29, 0.717) is 36.1 Å². The molecule has 1 aromatic heterocycles. The maximum Gasteiger partial charge on any atom is 0.259 e. The Bertz CT molecular complexity index is 1540. The van der Waals surface area contributed by atoms with Gasteiger partial charge >= 0.3 is 0 Å². The average Bonchev–Trinajstić information content (AvgIpc) is 3.58. The molecule has 1 amide bonds. The van der Waals surface area contributed by atoms with Crippen LogP contribution in [-0.2, 0) is 15.2 Å². The van der Waals surface area contributed by atoms with Crippen LogP contribution in [0.15, 0.2) is 102 Å². The van der Waals surface area contributed by atoms with Crippen molar-refractivity contribution >= 4 is 11.8 Å². The lowest BCUT2D eigenvalue weighted by Gasteiger charge is -2.36. The van der Waals surface area contributed by atoms with Gasteiger partial charge in [-0.1, -0.05) is 84.9 Å². The van der Waals surface area contributed by atoms with Gasteiger partial charge in [0.05, 0.1) is 23.9 Å². The first-order valence-electron chi connectivity index (χ1n) is 12.5. The van der Waals surface area contributed by atoms with Gasteiger partial charge < -0.3 is 9.47 Å². The van der Waals surface area contributed by atoms with E-state index in [1.165, 1.54) is 0 Å². The van der Waals surface area contributed by atoms with Gasteiger partial charge in [0.1, 0.15) is 18.3 Å². The van der Waals surface area contributed by atoms with Crippen molar-refractivity contribution in [1.82, 2.24) is 9.88 Å². The lowest BCUT2D eigenvalue weighted by Crippen LogP contribution is -2.44. The molecule has 0 aliphatic carbocycles. The van der Waals surface area contributed by atoms with Crippen molar-refractivity contribution in [3.63, 3.8) is 0 Å². The van der Waals surface area contributed by atoms with E-state index >= 15 is 0 Å². The third kappa shape index (κ3) is 3.40. The van der Waals surface area contributed by atoms with Gasteiger partial charge in [0, 0.05) is 11.1 Å². The number of carbonyl (C=O) groups is 1. The molecule has 7 rings (SSSR count). The minimum Gasteiger partial charge on any atom is -0.474 e. The van der Waals surface area contributed by atoms with Crippen LogP contribution in [0.25, 0.3) is 11.3 Å². The Labute approximate surface area is 215 Å². The number of ether oxygens (including phenoxy) is 2. The first-order chi connectivity index (χ1) is 18.1. The predicted molar refractivity (Wildman–Crippen MR) is 140 cm³/mol. The Morgan fingerprint density at radius 2 is 1.51 bits per heavy atom. The first-order valence-corrected chi connectivity index (χ1v) is 12.5. The van der Waals surface area contributed by atoms with Crippen molar-refractivity contribution in [2.45, 2.75) is 24.7 Å². The molecule has 6 heteroatoms. The molecule has 182 valence electrons. The molecule has 0 radical (unpaired) electrons. The van der Waals surface area contributed by atoms with Crippen molar-refractivity contribution in [1.29, 1.82) is 0 Å². The summed E-state index contributed by atoms with van der Waals surface area (Å²) >= 11 is 0. The quantitative estimate of drug-likeness (QED) is 0.374. The lowest BCUT2D eigenvalue weighted by atomic mass is 9.95. The van der Waals surface area contributed by atoms with Gasteiger partial charge in [-0.2, -0.15) is 0 Å². The molecular formula is C31H25N3O3. The fourth-order valence-electron chi connectivity index (χ4n) is 5.69. The van der Waals surface area contributed by atoms with Crippen LogP contribution < -0.4 is 0 Å². The number of nitrogens with zero attached hydrogens (tertiary/aromatic N) is 3. The number of benzene rings is 3. The maximum absolute atomic E-state index is 14.2. The molecule has 37 heavy (non-hydrogen) atoms. The predicted octanol–water partition coefficient (Wildman–Crippen LogP) is 5.67. The molecule has 0 bridgehead atoms. The van der Waals surface area contributed by atoms with Crippen LogP contribution >= 0.6 is 0 Å². The topological polar surface area (TPSA) is 64.0 Å². The van der Waals surface area contributed by atoms with E-state index in [-0.39, 0.29) is 18.0 Å². The fourth-order valence-corrected chi connectivity index (χ4v) is 5.69. The molecule has 0 saturated carbocycles. The number of carbonyl (C=O) groups excluding carboxylic acids is 1. The number of rotatable bonds is 3. The number of amides is 1. The van der Waals surface area contributed by atoms with Crippen molar-refractivity contribution in [3.05, 3.63) is 125 Å². The maximum atomic E-state index is 14.2. The van der Waals surface area contributed by atoms with Crippen molar-refractivity contribution in [2.75, 3.05) is 13.2 Å². The van der Waals surface area contributed by atoms with Gasteiger partial charge in [0.2, 0.25) is 5.90 Å². The Balaban J connectivity index is 1.35. The van der Waals surface area contributed by atoms with Crippen molar-refractivity contribution in [2.24, 2.45) is 4.99 Å². The number of fused-ring (bicyclic) bond motifs is 5. The molecule has 3 atom stereocenters. The summed E-state index contributed by atoms with van der Waals surface area (Å²) in [5, 5.41) is 0. The van der Waals surface area contributed by atoms with Gasteiger partial charge in [0.25, 0.3) is 5.91 Å². The van der Waals surface area contributed by atoms with Crippen LogP contribution in [0.5, 0.6) is 0 Å². The molecule has 4 heterocycles. The molecule has 0 spiro atoms. The number of pyridine rings is 1. The summed E-state index contributed by atoms with van der Waals surface area (Å²) in [5.74, 6) is 0.395. The minimum absolute atomic E-state index is 0.0739. The summed E-state index contributed by atoms with van der Waals surface area (Å²) in [7, 11) is 0. The highest BCUT2D eigenvalue weighted by molar-refractivity contribution is 6.04. The average molecular weight is 488 g/mol. The Kier molecular flexibility index (Phi) is 4.98. The summed E-state index contributed by atoms with van der Waals surface area (Å²) in [6.45, 7) is 2.87. The third-order valence-electron chi connectivity index (χ3n) is 7.56. The van der Waals surface area contributed by atoms with Crippen LogP contribution in [-0.4, -0.2) is 34.9 Å². The zero-order valence-electron chi connectivity index (χ0n) is 20.4. The number of hydrogen-bond donors (Lipinski definition) is 0. The second-order valence-electron chi connectivity index (χ2n) is 9.71. The molecule has 3 aromatic carbocycles. The molecule has 0 N–H and O–H groups in total. The molecule has 1 fully saturated rings. The normalized spacial score (nSPS) is 24.0. The summed E-state index contributed by atoms with van der Waals surface area (Å²) in [6.07, 6.45) is 0. The summed E-state index contributed by atoms with van der Waals surface area (Å²) in [4.78, 5) is 25.9. The number of hydrogen-bond acceptors (Lipinski definition) is 5. The van der Waals surface area contributed by atoms with Crippen molar-refractivity contribution < 1.29 is 14.3 Å². The minimum atomic E-state index is -0.922. The summed E-state index contributed by atoms with van der Waals surface area (Å²) < 4.78 is 12.4. The molecule has 3 aliphatic heterocycles. The lowest BCUT2D eigenvalue weighted by molar-refractivity contribution is -0.0598. The van der Waals surface area contributed by atoms with E-state index in [1.54, 1.807) is 0 Å². The van der Waals surface area contributed by atoms with Crippen LogP contribution in [0.2, 0.25) is 0 Å². The van der Waals surface area contributed by atoms with E-state index in [0.717, 1.165) is 22.3 Å². The SMILES string of the molecule is C[C@@]12OC[C@@H](c3ccccc3)N1C(=O)c1ccc(C3=N[C@@H](c4ccccc4)CO3)nc1-c1ccccc12. The third-order valence-corrected chi connectivity index (χ3v) is 7.56. The monoisotopic (exact) mass is 487 g/mol. The fraction of sp³-hybridized carbons (Fsp3) is 0.194. The van der Waals surface area contributed by atoms with E-state index in [4.69, 9.17) is 19.5 Å². The Morgan fingerprint density at radius 1 is 0.811 bits per heavy atom. The zero-order valence-corrected chi connectivity index (χ0v) is 20.4. The molecule has 1 saturated heterocycles. The van der Waals surface area contributed by atoms with E-state index in [9.17, 15) is 4.79 Å². The van der Waals surface area contributed by atoms with Crippen molar-refractivity contribution in [3.8, 4) is 11.3 Å². The molecule has 6 nitrogen and oxygen atoms in total. The second kappa shape index (κ2) is 8.39. The van der Waals surface area contributed by atoms with Gasteiger partial charge in [-0.15, -0.1) is 0 Å². The first kappa shape index (κ1) is 21.9. The van der Waals surface area contributed by atoms with Crippen LogP contribution in [0.1, 0.15) is 51.7 Å². The highest BCUT2D eigenvalue weighted by Crippen LogP contribution is 2.49. The molecular weight excluding hydrogens is 462 g/mol. The molecule has 0 unspecified atom stereocenters. The van der Waals surface area contributed by atoms with Gasteiger partial charge in [0.15, 0.2) is 5.72 Å². The van der Waals surface area contributed by atoms with Gasteiger partial charge in [-0.25, -0.2) is 9.98 Å². The Hall–Kier alpha value is -4.29. The summed E-state index contributed by atoms with van der Waals surface area (Å²) in [6, 6.07) is 31.6. The highest BCUT2D eigenvalue weighted by Gasteiger charge is 2.52. The standard InChI is InChI=1S/C31H25N3O3/c1-31-24-15-9-8-14-22(24)28-23(30(35)34(31)27(19-37-31)21-12-6-3-7-13-21)16-17-25(32-28)29-33-26(18-36-29)20-10-4-2-5-11-20/h2-17,26-27H,18-19H2,1H3/t26-,27+,31+/m1/s1. The second-order valence-corrected chi connectivity index (χ2v) is 9.71. The molecule has 3 aliphatic rings. The molecule has 4 aromatic rings. The van der Waals surface area contributed by atoms with Crippen LogP contribution in [0.4, 0.5) is 0 Å². The smallest absolute Gasteiger partial charge is 0.259 e. The van der Waals surface area contributed by atoms with Crippen LogP contribution in [0.3, 0.4) is 0 Å². The van der Waals surface area contributed by atoms with Gasteiger partial charge in [-0.3, -0.25) is 9.69 Å². The summed E-state index contributed by atoms with van der Waals surface area (Å²) in [5.41, 5.74) is 4.81. The highest BCUT2D eigenvalue weighted by atomic mass is 16.5. The number of aliphatic imine (C=N–C) groups is 1. The van der Waals surface area contributed by atoms with E-state index in [2.05, 4.69) is 12.1 Å². The van der Waals surface area contributed by atoms with E-state index in [1.807, 2.05) is 96.8 Å². The van der Waals surface area contributed by atoms with Crippen LogP contribution in [0, 0.1) is 0 Å². The Morgan fingerprint density at radius 3 is 2.30 bits per heavy atom. The number of aromatic nitrogens is 1. The zero-order chi connectivity index (χ0) is 25.0. The van der Waals surface area contributed by atoms with E-state index < -0.39 is 5.72 Å². The largest absolute Gasteiger partial charge is 0.474 e. The van der Waals surface area contributed by atoms with Gasteiger partial charge in [-0.05, 0) is 30.2 Å².